The number of hydrogen-bond donors (Lipinski definition) is 0. The van der Waals surface area contributed by atoms with Crippen molar-refractivity contribution in [2.75, 3.05) is 13.7 Å². The van der Waals surface area contributed by atoms with E-state index in [9.17, 15) is 0 Å². The van der Waals surface area contributed by atoms with E-state index in [4.69, 9.17) is 9.47 Å². The highest BCUT2D eigenvalue weighted by atomic mass is 16.5. The summed E-state index contributed by atoms with van der Waals surface area (Å²) in [7, 11) is 1.70. The zero-order valence-electron chi connectivity index (χ0n) is 16.7. The molecule has 2 atom stereocenters. The first-order chi connectivity index (χ1) is 13.7. The number of benzene rings is 2. The van der Waals surface area contributed by atoms with Crippen molar-refractivity contribution in [1.29, 1.82) is 0 Å². The van der Waals surface area contributed by atoms with Gasteiger partial charge in [-0.15, -0.1) is 0 Å². The molecule has 0 N–H and O–H groups in total. The molecule has 2 unspecified atom stereocenters. The fraction of sp³-hybridized carbons (Fsp3) is 0.308. The average molecular weight is 373 g/mol. The zero-order chi connectivity index (χ0) is 19.3. The third-order valence-corrected chi connectivity index (χ3v) is 5.53. The van der Waals surface area contributed by atoms with Crippen LogP contribution in [-0.4, -0.2) is 13.7 Å². The normalized spacial score (nSPS) is 21.2. The van der Waals surface area contributed by atoms with E-state index in [1.54, 1.807) is 7.11 Å². The van der Waals surface area contributed by atoms with Crippen LogP contribution in [0.1, 0.15) is 35.4 Å². The molecule has 1 fully saturated rings. The van der Waals surface area contributed by atoms with Crippen LogP contribution in [0.2, 0.25) is 0 Å². The summed E-state index contributed by atoms with van der Waals surface area (Å²) in [5, 5.41) is 0. The van der Waals surface area contributed by atoms with E-state index in [2.05, 4.69) is 73.7 Å². The Kier molecular flexibility index (Phi) is 5.66. The Morgan fingerprint density at radius 2 is 1.79 bits per heavy atom. The zero-order valence-corrected chi connectivity index (χ0v) is 16.7. The minimum absolute atomic E-state index is 0.315. The van der Waals surface area contributed by atoms with E-state index in [0.717, 1.165) is 23.7 Å². The molecule has 0 saturated heterocycles. The number of allylic oxidation sites excluding steroid dienone is 5. The topological polar surface area (TPSA) is 18.5 Å². The number of hydrogen-bond acceptors (Lipinski definition) is 2. The van der Waals surface area contributed by atoms with Crippen LogP contribution in [-0.2, 0) is 0 Å². The summed E-state index contributed by atoms with van der Waals surface area (Å²) in [4.78, 5) is 0. The van der Waals surface area contributed by atoms with Gasteiger partial charge in [0.25, 0.3) is 0 Å². The lowest BCUT2D eigenvalue weighted by Crippen LogP contribution is -2.08. The molecule has 2 heteroatoms. The third kappa shape index (κ3) is 4.39. The summed E-state index contributed by atoms with van der Waals surface area (Å²) in [6, 6.07) is 14.9. The molecule has 0 bridgehead atoms. The molecule has 2 aliphatic rings. The van der Waals surface area contributed by atoms with Crippen molar-refractivity contribution >= 4 is 6.08 Å². The van der Waals surface area contributed by atoms with Crippen LogP contribution < -0.4 is 9.47 Å². The average Bonchev–Trinajstić information content (AvgIpc) is 3.56. The largest absolute Gasteiger partial charge is 0.493 e. The summed E-state index contributed by atoms with van der Waals surface area (Å²) in [5.74, 6) is 3.03. The van der Waals surface area contributed by atoms with Crippen LogP contribution in [0.25, 0.3) is 6.08 Å². The first-order valence-electron chi connectivity index (χ1n) is 10.1. The van der Waals surface area contributed by atoms with Crippen molar-refractivity contribution < 1.29 is 9.47 Å². The number of para-hydroxylation sites is 1. The molecular formula is C26H28O2. The van der Waals surface area contributed by atoms with Crippen LogP contribution in [0.5, 0.6) is 11.5 Å². The van der Waals surface area contributed by atoms with Crippen molar-refractivity contribution in [3.05, 3.63) is 89.5 Å². The fourth-order valence-corrected chi connectivity index (χ4v) is 3.61. The smallest absolute Gasteiger partial charge is 0.168 e. The molecular weight excluding hydrogens is 344 g/mol. The maximum Gasteiger partial charge on any atom is 0.168 e. The molecule has 0 radical (unpaired) electrons. The number of methoxy groups -OCH3 is 1. The molecule has 0 heterocycles. The van der Waals surface area contributed by atoms with Gasteiger partial charge in [-0.1, -0.05) is 78.4 Å². The Bertz CT molecular complexity index is 885. The molecule has 0 spiro atoms. The number of rotatable bonds is 7. The highest BCUT2D eigenvalue weighted by Crippen LogP contribution is 2.37. The number of ether oxygens (including phenoxy) is 2. The van der Waals surface area contributed by atoms with Crippen molar-refractivity contribution in [3.8, 4) is 11.5 Å². The van der Waals surface area contributed by atoms with Gasteiger partial charge in [0.15, 0.2) is 11.5 Å². The number of aryl methyl sites for hydroxylation is 1. The highest BCUT2D eigenvalue weighted by molar-refractivity contribution is 5.63. The predicted molar refractivity (Wildman–Crippen MR) is 116 cm³/mol. The second-order valence-electron chi connectivity index (χ2n) is 7.78. The second kappa shape index (κ2) is 8.52. The molecule has 4 rings (SSSR count). The SMILES string of the molecule is COc1cccc(/C=C/C2C=CC=CC2c2ccc(C)cc2)c1OCC1CC1. The predicted octanol–water partition coefficient (Wildman–Crippen LogP) is 6.33. The highest BCUT2D eigenvalue weighted by Gasteiger charge is 2.23. The Labute approximate surface area is 168 Å². The van der Waals surface area contributed by atoms with Gasteiger partial charge in [0, 0.05) is 17.4 Å². The Balaban J connectivity index is 1.57. The van der Waals surface area contributed by atoms with Gasteiger partial charge in [-0.2, -0.15) is 0 Å². The quantitative estimate of drug-likeness (QED) is 0.565. The van der Waals surface area contributed by atoms with Crippen molar-refractivity contribution in [3.63, 3.8) is 0 Å². The molecule has 2 aliphatic carbocycles. The van der Waals surface area contributed by atoms with Crippen LogP contribution in [0.4, 0.5) is 0 Å². The van der Waals surface area contributed by atoms with Gasteiger partial charge < -0.3 is 9.47 Å². The fourth-order valence-electron chi connectivity index (χ4n) is 3.61. The summed E-state index contributed by atoms with van der Waals surface area (Å²) >= 11 is 0. The van der Waals surface area contributed by atoms with E-state index >= 15 is 0 Å². The lowest BCUT2D eigenvalue weighted by Gasteiger charge is -2.22. The van der Waals surface area contributed by atoms with Gasteiger partial charge in [-0.3, -0.25) is 0 Å². The van der Waals surface area contributed by atoms with Gasteiger partial charge >= 0.3 is 0 Å². The van der Waals surface area contributed by atoms with Crippen molar-refractivity contribution in [2.45, 2.75) is 25.7 Å². The molecule has 0 aromatic heterocycles. The molecule has 1 saturated carbocycles. The van der Waals surface area contributed by atoms with E-state index < -0.39 is 0 Å². The van der Waals surface area contributed by atoms with Crippen molar-refractivity contribution in [2.24, 2.45) is 11.8 Å². The van der Waals surface area contributed by atoms with E-state index in [0.29, 0.717) is 17.8 Å². The molecule has 2 aromatic carbocycles. The minimum Gasteiger partial charge on any atom is -0.493 e. The third-order valence-electron chi connectivity index (χ3n) is 5.53. The van der Waals surface area contributed by atoms with E-state index in [-0.39, 0.29) is 0 Å². The van der Waals surface area contributed by atoms with Gasteiger partial charge in [0.05, 0.1) is 13.7 Å². The molecule has 0 amide bonds. The maximum atomic E-state index is 6.14. The molecule has 0 aliphatic heterocycles. The first-order valence-corrected chi connectivity index (χ1v) is 10.1. The monoisotopic (exact) mass is 372 g/mol. The molecule has 2 aromatic rings. The molecule has 28 heavy (non-hydrogen) atoms. The van der Waals surface area contributed by atoms with E-state index in [1.807, 2.05) is 12.1 Å². The van der Waals surface area contributed by atoms with Gasteiger partial charge in [-0.05, 0) is 37.3 Å². The van der Waals surface area contributed by atoms with E-state index in [1.165, 1.54) is 24.0 Å². The second-order valence-corrected chi connectivity index (χ2v) is 7.78. The lowest BCUT2D eigenvalue weighted by molar-refractivity contribution is 0.280. The minimum atomic E-state index is 0.315. The van der Waals surface area contributed by atoms with Crippen LogP contribution in [0.15, 0.2) is 72.8 Å². The molecule has 144 valence electrons. The summed E-state index contributed by atoms with van der Waals surface area (Å²) in [6.45, 7) is 2.91. The summed E-state index contributed by atoms with van der Waals surface area (Å²) < 4.78 is 11.7. The summed E-state index contributed by atoms with van der Waals surface area (Å²) in [6.07, 6.45) is 15.8. The Morgan fingerprint density at radius 1 is 1.00 bits per heavy atom. The molecule has 2 nitrogen and oxygen atoms in total. The van der Waals surface area contributed by atoms with Gasteiger partial charge in [0.2, 0.25) is 0 Å². The van der Waals surface area contributed by atoms with Crippen LogP contribution >= 0.6 is 0 Å². The van der Waals surface area contributed by atoms with Gasteiger partial charge in [0.1, 0.15) is 0 Å². The maximum absolute atomic E-state index is 6.14. The van der Waals surface area contributed by atoms with Crippen molar-refractivity contribution in [1.82, 2.24) is 0 Å². The Hall–Kier alpha value is -2.74. The van der Waals surface area contributed by atoms with Crippen LogP contribution in [0, 0.1) is 18.8 Å². The summed E-state index contributed by atoms with van der Waals surface area (Å²) in [5.41, 5.74) is 3.71. The Morgan fingerprint density at radius 3 is 2.54 bits per heavy atom. The van der Waals surface area contributed by atoms with Crippen LogP contribution in [0.3, 0.4) is 0 Å². The first kappa shape index (κ1) is 18.6. The van der Waals surface area contributed by atoms with Gasteiger partial charge in [-0.25, -0.2) is 0 Å². The lowest BCUT2D eigenvalue weighted by atomic mass is 9.82. The standard InChI is InChI=1S/C26H28O2/c1-19-10-14-22(15-11-19)24-8-4-3-6-21(24)16-17-23-7-5-9-25(27-2)26(23)28-18-20-12-13-20/h3-11,14-17,20-21,24H,12-13,18H2,1-2H3/b17-16+.